The van der Waals surface area contributed by atoms with Crippen LogP contribution in [0.4, 0.5) is 0 Å². The molecular formula is C20H33NaO4S. The summed E-state index contributed by atoms with van der Waals surface area (Å²) in [4.78, 5) is -0.510. The second-order valence-corrected chi connectivity index (χ2v) is 8.29. The van der Waals surface area contributed by atoms with Gasteiger partial charge in [-0.1, -0.05) is 95.4 Å². The van der Waals surface area contributed by atoms with Crippen LogP contribution >= 0.6 is 0 Å². The van der Waals surface area contributed by atoms with E-state index in [1.165, 1.54) is 76.3 Å². The Kier molecular flexibility index (Phi) is 14.9. The minimum absolute atomic E-state index is 0. The fraction of sp³-hybridized carbons (Fsp3) is 0.700. The van der Waals surface area contributed by atoms with Crippen LogP contribution in [0.3, 0.4) is 0 Å². The van der Waals surface area contributed by atoms with E-state index in [0.29, 0.717) is 0 Å². The molecule has 1 aromatic carbocycles. The van der Waals surface area contributed by atoms with Gasteiger partial charge in [-0.05, 0) is 24.5 Å². The first-order valence-electron chi connectivity index (χ1n) is 9.72. The summed E-state index contributed by atoms with van der Waals surface area (Å²) in [5, 5.41) is 11.5. The monoisotopic (exact) mass is 392 g/mol. The van der Waals surface area contributed by atoms with E-state index < -0.39 is 20.8 Å². The van der Waals surface area contributed by atoms with Gasteiger partial charge in [0, 0.05) is 0 Å². The van der Waals surface area contributed by atoms with Crippen molar-refractivity contribution in [2.75, 3.05) is 0 Å². The van der Waals surface area contributed by atoms with Crippen molar-refractivity contribution < 1.29 is 47.6 Å². The molecule has 0 unspecified atom stereocenters. The van der Waals surface area contributed by atoms with Crippen LogP contribution in [-0.4, -0.2) is 13.0 Å². The molecule has 0 aliphatic rings. The molecule has 26 heavy (non-hydrogen) atoms. The second kappa shape index (κ2) is 14.9. The molecule has 1 N–H and O–H groups in total. The predicted molar refractivity (Wildman–Crippen MR) is 100 cm³/mol. The first-order valence-corrected chi connectivity index (χ1v) is 11.2. The van der Waals surface area contributed by atoms with E-state index in [1.54, 1.807) is 6.07 Å². The van der Waals surface area contributed by atoms with E-state index in [0.717, 1.165) is 24.8 Å². The third kappa shape index (κ3) is 11.6. The van der Waals surface area contributed by atoms with Crippen LogP contribution in [0.25, 0.3) is 0 Å². The Balaban J connectivity index is 0.00000625. The zero-order valence-electron chi connectivity index (χ0n) is 16.5. The molecule has 0 radical (unpaired) electrons. The first-order chi connectivity index (χ1) is 11.9. The maximum atomic E-state index is 11.5. The van der Waals surface area contributed by atoms with Crippen molar-refractivity contribution >= 4 is 10.1 Å². The fourth-order valence-corrected chi connectivity index (χ4v) is 3.70. The molecule has 0 aliphatic heterocycles. The Labute approximate surface area is 181 Å². The summed E-state index contributed by atoms with van der Waals surface area (Å²) < 4.78 is 31.3. The molecule has 0 saturated heterocycles. The third-order valence-electron chi connectivity index (χ3n) is 4.61. The Hall–Kier alpha value is -0.0700. The predicted octanol–water partition coefficient (Wildman–Crippen LogP) is 2.25. The number of hydrogen-bond donors (Lipinski definition) is 1. The van der Waals surface area contributed by atoms with Gasteiger partial charge in [0.25, 0.3) is 10.1 Å². The third-order valence-corrected chi connectivity index (χ3v) is 5.48. The summed E-state index contributed by atoms with van der Waals surface area (Å²) in [5.74, 6) is -0.652. The molecule has 4 nitrogen and oxygen atoms in total. The summed E-state index contributed by atoms with van der Waals surface area (Å²) >= 11 is 0. The van der Waals surface area contributed by atoms with Gasteiger partial charge in [-0.3, -0.25) is 4.55 Å². The van der Waals surface area contributed by atoms with Crippen LogP contribution in [-0.2, 0) is 16.5 Å². The normalized spacial score (nSPS) is 11.3. The van der Waals surface area contributed by atoms with E-state index >= 15 is 0 Å². The SMILES string of the molecule is CCCCCCCCCCCCCCc1ccc([O-])c(S(=O)(=O)O)c1.[Na+]. The van der Waals surface area contributed by atoms with Crippen molar-refractivity contribution in [1.29, 1.82) is 0 Å². The van der Waals surface area contributed by atoms with E-state index in [9.17, 15) is 13.5 Å². The van der Waals surface area contributed by atoms with Crippen molar-refractivity contribution in [3.05, 3.63) is 23.8 Å². The molecule has 0 amide bonds. The molecule has 0 spiro atoms. The van der Waals surface area contributed by atoms with Crippen LogP contribution < -0.4 is 34.7 Å². The van der Waals surface area contributed by atoms with E-state index in [1.807, 2.05) is 0 Å². The summed E-state index contributed by atoms with van der Waals surface area (Å²) in [7, 11) is -4.42. The number of hydrogen-bond acceptors (Lipinski definition) is 3. The van der Waals surface area contributed by atoms with Crippen LogP contribution in [0.2, 0.25) is 0 Å². The maximum Gasteiger partial charge on any atom is 1.00 e. The van der Waals surface area contributed by atoms with Gasteiger partial charge in [0.1, 0.15) is 0 Å². The maximum absolute atomic E-state index is 11.5. The zero-order chi connectivity index (χ0) is 18.5. The van der Waals surface area contributed by atoms with Crippen LogP contribution in [0.5, 0.6) is 5.75 Å². The molecule has 6 heteroatoms. The first kappa shape index (κ1) is 25.9. The Morgan fingerprint density at radius 3 is 1.77 bits per heavy atom. The van der Waals surface area contributed by atoms with Gasteiger partial charge in [0.15, 0.2) is 0 Å². The van der Waals surface area contributed by atoms with Crippen molar-refractivity contribution in [3.63, 3.8) is 0 Å². The number of unbranched alkanes of at least 4 members (excludes halogenated alkanes) is 11. The zero-order valence-corrected chi connectivity index (χ0v) is 19.3. The molecule has 0 fully saturated rings. The molecular weight excluding hydrogens is 359 g/mol. The van der Waals surface area contributed by atoms with Crippen molar-refractivity contribution in [2.24, 2.45) is 0 Å². The van der Waals surface area contributed by atoms with Gasteiger partial charge in [-0.2, -0.15) is 8.42 Å². The molecule has 0 aliphatic carbocycles. The molecule has 0 saturated carbocycles. The van der Waals surface area contributed by atoms with E-state index in [2.05, 4.69) is 6.92 Å². The van der Waals surface area contributed by atoms with Gasteiger partial charge in [-0.15, -0.1) is 0 Å². The van der Waals surface area contributed by atoms with Crippen molar-refractivity contribution in [3.8, 4) is 5.75 Å². The summed E-state index contributed by atoms with van der Waals surface area (Å²) in [6, 6.07) is 4.17. The van der Waals surface area contributed by atoms with Gasteiger partial charge >= 0.3 is 29.6 Å². The average molecular weight is 393 g/mol. The Morgan fingerprint density at radius 2 is 1.31 bits per heavy atom. The largest absolute Gasteiger partial charge is 1.00 e. The summed E-state index contributed by atoms with van der Waals surface area (Å²) in [6.45, 7) is 2.24. The molecule has 144 valence electrons. The van der Waals surface area contributed by atoms with Crippen molar-refractivity contribution in [2.45, 2.75) is 95.3 Å². The van der Waals surface area contributed by atoms with Gasteiger partial charge in [0.2, 0.25) is 0 Å². The molecule has 0 aromatic heterocycles. The standard InChI is InChI=1S/C20H34O4S.Na/c1-2-3-4-5-6-7-8-9-10-11-12-13-14-18-15-16-19(21)20(17-18)25(22,23)24;/h15-17,21H,2-14H2,1H3,(H,22,23,24);/q;+1/p-1. The molecule has 0 heterocycles. The van der Waals surface area contributed by atoms with Gasteiger partial charge in [0.05, 0.1) is 4.90 Å². The minimum atomic E-state index is -4.42. The molecule has 1 aromatic rings. The smallest absolute Gasteiger partial charge is 0.872 e. The fourth-order valence-electron chi connectivity index (χ4n) is 3.08. The number of benzene rings is 1. The minimum Gasteiger partial charge on any atom is -0.872 e. The Morgan fingerprint density at radius 1 is 0.846 bits per heavy atom. The van der Waals surface area contributed by atoms with E-state index in [4.69, 9.17) is 4.55 Å². The summed E-state index contributed by atoms with van der Waals surface area (Å²) in [6.07, 6.45) is 16.0. The second-order valence-electron chi connectivity index (χ2n) is 6.90. The van der Waals surface area contributed by atoms with Gasteiger partial charge < -0.3 is 5.11 Å². The van der Waals surface area contributed by atoms with Crippen molar-refractivity contribution in [1.82, 2.24) is 0 Å². The van der Waals surface area contributed by atoms with Crippen LogP contribution in [0.1, 0.15) is 89.5 Å². The average Bonchev–Trinajstić information content (AvgIpc) is 2.56. The number of rotatable bonds is 14. The topological polar surface area (TPSA) is 77.4 Å². The Bertz CT molecular complexity index is 587. The van der Waals surface area contributed by atoms with Crippen LogP contribution in [0, 0.1) is 0 Å². The molecule has 0 atom stereocenters. The quantitative estimate of drug-likeness (QED) is 0.299. The molecule has 1 rings (SSSR count). The summed E-state index contributed by atoms with van der Waals surface area (Å²) in [5.41, 5.74) is 0.791. The van der Waals surface area contributed by atoms with Gasteiger partial charge in [-0.25, -0.2) is 0 Å². The van der Waals surface area contributed by atoms with Crippen LogP contribution in [0.15, 0.2) is 23.1 Å². The van der Waals surface area contributed by atoms with E-state index in [-0.39, 0.29) is 29.6 Å². The number of aryl methyl sites for hydroxylation is 1. The molecule has 0 bridgehead atoms.